The van der Waals surface area contributed by atoms with Crippen LogP contribution < -0.4 is 9.64 Å². The van der Waals surface area contributed by atoms with Gasteiger partial charge in [-0.2, -0.15) is 0 Å². The Kier molecular flexibility index (Phi) is 8.88. The second kappa shape index (κ2) is 11.8. The Bertz CT molecular complexity index is 958. The topological polar surface area (TPSA) is 62.1 Å². The zero-order valence-corrected chi connectivity index (χ0v) is 19.2. The van der Waals surface area contributed by atoms with Crippen LogP contribution in [-0.4, -0.2) is 35.0 Å². The number of aliphatic imine (C=N–C) groups is 1. The molecule has 1 N–H and O–H groups in total. The minimum atomic E-state index is -0.418. The average Bonchev–Trinajstić information content (AvgIpc) is 3.63. The molecule has 0 aliphatic heterocycles. The number of amides is 1. The molecule has 1 aliphatic carbocycles. The number of aliphatic hydroxyl groups excluding tert-OH is 1. The van der Waals surface area contributed by atoms with E-state index in [2.05, 4.69) is 4.99 Å². The van der Waals surface area contributed by atoms with E-state index in [1.54, 1.807) is 42.4 Å². The maximum absolute atomic E-state index is 13.0. The third-order valence-electron chi connectivity index (χ3n) is 5.24. The van der Waals surface area contributed by atoms with Crippen molar-refractivity contribution in [3.63, 3.8) is 0 Å². The van der Waals surface area contributed by atoms with Crippen LogP contribution in [0.4, 0.5) is 10.1 Å². The lowest BCUT2D eigenvalue weighted by molar-refractivity contribution is -0.106. The first-order chi connectivity index (χ1) is 15.5. The van der Waals surface area contributed by atoms with Crippen molar-refractivity contribution in [2.75, 3.05) is 17.3 Å². The molecule has 0 heterocycles. The van der Waals surface area contributed by atoms with Crippen molar-refractivity contribution in [1.82, 2.24) is 0 Å². The molecule has 32 heavy (non-hydrogen) atoms. The van der Waals surface area contributed by atoms with Crippen molar-refractivity contribution < 1.29 is 19.0 Å². The summed E-state index contributed by atoms with van der Waals surface area (Å²) >= 11 is 1.61. The fourth-order valence-corrected chi connectivity index (χ4v) is 3.91. The van der Waals surface area contributed by atoms with Gasteiger partial charge in [0.15, 0.2) is 0 Å². The zero-order chi connectivity index (χ0) is 22.9. The number of nitrogens with zero attached hydrogens (tertiary/aromatic N) is 2. The predicted octanol–water partition coefficient (Wildman–Crippen LogP) is 5.11. The molecule has 2 aromatic carbocycles. The molecular weight excluding hydrogens is 427 g/mol. The summed E-state index contributed by atoms with van der Waals surface area (Å²) in [5, 5.41) is 10.8. The van der Waals surface area contributed by atoms with Crippen LogP contribution >= 0.6 is 11.8 Å². The van der Waals surface area contributed by atoms with Crippen LogP contribution in [0.3, 0.4) is 0 Å². The van der Waals surface area contributed by atoms with Gasteiger partial charge >= 0.3 is 0 Å². The molecule has 0 aromatic heterocycles. The van der Waals surface area contributed by atoms with Gasteiger partial charge in [0, 0.05) is 23.8 Å². The number of anilines is 1. The Balaban J connectivity index is 1.49. The molecule has 3 rings (SSSR count). The number of carbonyl (C=O) groups excluding carboxylic acids is 1. The van der Waals surface area contributed by atoms with Crippen molar-refractivity contribution in [1.29, 1.82) is 0 Å². The van der Waals surface area contributed by atoms with Gasteiger partial charge in [0.25, 0.3) is 0 Å². The van der Waals surface area contributed by atoms with Crippen molar-refractivity contribution in [2.24, 2.45) is 10.9 Å². The SMILES string of the molecule is CC(=N/C=C\N(C=O)c1ccc(OCC(O)C2CC2)c(C)c1)SCCc1ccc(F)cc1. The minimum Gasteiger partial charge on any atom is -0.491 e. The Hall–Kier alpha value is -2.64. The van der Waals surface area contributed by atoms with Crippen LogP contribution in [0, 0.1) is 18.7 Å². The minimum absolute atomic E-state index is 0.228. The number of carbonyl (C=O) groups is 1. The summed E-state index contributed by atoms with van der Waals surface area (Å²) in [6.07, 6.45) is 6.49. The van der Waals surface area contributed by atoms with E-state index in [1.165, 1.54) is 17.0 Å². The van der Waals surface area contributed by atoms with Crippen LogP contribution in [0.5, 0.6) is 5.75 Å². The quantitative estimate of drug-likeness (QED) is 0.290. The Morgan fingerprint density at radius 2 is 2.06 bits per heavy atom. The molecular formula is C25H29FN2O3S. The van der Waals surface area contributed by atoms with E-state index in [9.17, 15) is 14.3 Å². The summed E-state index contributed by atoms with van der Waals surface area (Å²) in [4.78, 5) is 17.4. The highest BCUT2D eigenvalue weighted by Gasteiger charge is 2.30. The van der Waals surface area contributed by atoms with Crippen LogP contribution in [0.15, 0.2) is 59.9 Å². The van der Waals surface area contributed by atoms with E-state index in [4.69, 9.17) is 4.74 Å². The van der Waals surface area contributed by atoms with Gasteiger partial charge in [-0.15, -0.1) is 11.8 Å². The summed E-state index contributed by atoms with van der Waals surface area (Å²) in [5.74, 6) is 1.68. The second-order valence-electron chi connectivity index (χ2n) is 7.85. The van der Waals surface area contributed by atoms with E-state index >= 15 is 0 Å². The molecule has 1 aliphatic rings. The van der Waals surface area contributed by atoms with E-state index in [-0.39, 0.29) is 12.4 Å². The van der Waals surface area contributed by atoms with Gasteiger partial charge in [-0.3, -0.25) is 14.7 Å². The zero-order valence-electron chi connectivity index (χ0n) is 18.4. The number of ether oxygens (including phenoxy) is 1. The fourth-order valence-electron chi connectivity index (χ4n) is 3.15. The second-order valence-corrected chi connectivity index (χ2v) is 9.14. The van der Waals surface area contributed by atoms with Gasteiger partial charge in [0.2, 0.25) is 6.41 Å². The van der Waals surface area contributed by atoms with Gasteiger partial charge in [0.05, 0.1) is 11.1 Å². The van der Waals surface area contributed by atoms with Crippen molar-refractivity contribution in [2.45, 2.75) is 39.2 Å². The molecule has 1 fully saturated rings. The van der Waals surface area contributed by atoms with E-state index in [0.29, 0.717) is 17.4 Å². The van der Waals surface area contributed by atoms with Gasteiger partial charge in [0.1, 0.15) is 18.2 Å². The highest BCUT2D eigenvalue weighted by atomic mass is 32.2. The smallest absolute Gasteiger partial charge is 0.218 e. The highest BCUT2D eigenvalue weighted by molar-refractivity contribution is 8.13. The van der Waals surface area contributed by atoms with E-state index in [1.807, 2.05) is 26.0 Å². The monoisotopic (exact) mass is 456 g/mol. The molecule has 0 bridgehead atoms. The van der Waals surface area contributed by atoms with Crippen molar-refractivity contribution in [3.8, 4) is 5.75 Å². The number of aliphatic hydroxyl groups is 1. The van der Waals surface area contributed by atoms with Gasteiger partial charge in [-0.25, -0.2) is 4.39 Å². The molecule has 0 spiro atoms. The first-order valence-electron chi connectivity index (χ1n) is 10.7. The lowest BCUT2D eigenvalue weighted by atomic mass is 10.2. The number of aryl methyl sites for hydroxylation is 2. The van der Waals surface area contributed by atoms with Crippen molar-refractivity contribution in [3.05, 3.63) is 71.8 Å². The average molecular weight is 457 g/mol. The van der Waals surface area contributed by atoms with Crippen LogP contribution in [-0.2, 0) is 11.2 Å². The van der Waals surface area contributed by atoms with Gasteiger partial charge in [-0.05, 0) is 80.5 Å². The van der Waals surface area contributed by atoms with Crippen LogP contribution in [0.2, 0.25) is 0 Å². The lowest BCUT2D eigenvalue weighted by Crippen LogP contribution is -2.20. The Labute approximate surface area is 193 Å². The van der Waals surface area contributed by atoms with Crippen molar-refractivity contribution >= 4 is 28.9 Å². The molecule has 1 saturated carbocycles. The fraction of sp³-hybridized carbons (Fsp3) is 0.360. The molecule has 1 amide bonds. The van der Waals surface area contributed by atoms with Gasteiger partial charge < -0.3 is 9.84 Å². The molecule has 1 atom stereocenters. The standard InChI is InChI=1S/C25H29FN2O3S/c1-18-15-23(9-10-25(18)31-16-24(30)21-5-6-21)28(17-29)13-12-27-19(2)32-14-11-20-3-7-22(26)8-4-20/h3-4,7-10,12-13,15,17,21,24,30H,5-6,11,14,16H2,1-2H3/b13-12-,27-19?. The third kappa shape index (κ3) is 7.50. The van der Waals surface area contributed by atoms with Gasteiger partial charge in [-0.1, -0.05) is 12.1 Å². The number of rotatable bonds is 11. The Morgan fingerprint density at radius 1 is 1.31 bits per heavy atom. The highest BCUT2D eigenvalue weighted by Crippen LogP contribution is 2.33. The number of hydrogen-bond acceptors (Lipinski definition) is 5. The van der Waals surface area contributed by atoms with Crippen LogP contribution in [0.1, 0.15) is 30.9 Å². The normalized spacial score (nSPS) is 15.1. The lowest BCUT2D eigenvalue weighted by Gasteiger charge is -2.16. The molecule has 1 unspecified atom stereocenters. The number of benzene rings is 2. The summed E-state index contributed by atoms with van der Waals surface area (Å²) in [5.41, 5.74) is 2.68. The largest absolute Gasteiger partial charge is 0.491 e. The third-order valence-corrected chi connectivity index (χ3v) is 6.18. The summed E-state index contributed by atoms with van der Waals surface area (Å²) in [7, 11) is 0. The van der Waals surface area contributed by atoms with E-state index < -0.39 is 6.10 Å². The first kappa shape index (κ1) is 24.0. The first-order valence-corrected chi connectivity index (χ1v) is 11.7. The Morgan fingerprint density at radius 3 is 2.72 bits per heavy atom. The molecule has 2 aromatic rings. The summed E-state index contributed by atoms with van der Waals surface area (Å²) in [6.45, 7) is 4.11. The molecule has 5 nitrogen and oxygen atoms in total. The predicted molar refractivity (Wildman–Crippen MR) is 129 cm³/mol. The maximum atomic E-state index is 13.0. The van der Waals surface area contributed by atoms with Crippen LogP contribution in [0.25, 0.3) is 0 Å². The molecule has 0 saturated heterocycles. The molecule has 7 heteroatoms. The summed E-state index contributed by atoms with van der Waals surface area (Å²) in [6, 6.07) is 12.0. The number of thioether (sulfide) groups is 1. The number of hydrogen-bond donors (Lipinski definition) is 1. The maximum Gasteiger partial charge on any atom is 0.218 e. The van der Waals surface area contributed by atoms with E-state index in [0.717, 1.165) is 47.6 Å². The molecule has 170 valence electrons. The number of halogens is 1. The summed E-state index contributed by atoms with van der Waals surface area (Å²) < 4.78 is 18.7. The molecule has 0 radical (unpaired) electrons.